The van der Waals surface area contributed by atoms with Crippen LogP contribution in [0.5, 0.6) is 5.75 Å². The molecule has 0 saturated carbocycles. The zero-order valence-electron chi connectivity index (χ0n) is 10.5. The van der Waals surface area contributed by atoms with Gasteiger partial charge in [0.15, 0.2) is 0 Å². The molecule has 3 nitrogen and oxygen atoms in total. The highest BCUT2D eigenvalue weighted by atomic mass is 35.5. The molecule has 2 aromatic rings. The van der Waals surface area contributed by atoms with Gasteiger partial charge >= 0.3 is 0 Å². The number of halogens is 1. The van der Waals surface area contributed by atoms with E-state index in [0.717, 1.165) is 11.1 Å². The Labute approximate surface area is 116 Å². The SMILES string of the molecule is Cc1c(Cl)cccc1C(=O)NCc1ccc(O)cc1. The molecule has 98 valence electrons. The third kappa shape index (κ3) is 3.26. The van der Waals surface area contributed by atoms with Crippen molar-refractivity contribution in [1.82, 2.24) is 5.32 Å². The van der Waals surface area contributed by atoms with Crippen molar-refractivity contribution in [3.63, 3.8) is 0 Å². The summed E-state index contributed by atoms with van der Waals surface area (Å²) in [6, 6.07) is 12.0. The summed E-state index contributed by atoms with van der Waals surface area (Å²) in [5, 5.41) is 12.6. The molecule has 2 rings (SSSR count). The van der Waals surface area contributed by atoms with Gasteiger partial charge in [0.25, 0.3) is 5.91 Å². The van der Waals surface area contributed by atoms with Gasteiger partial charge in [-0.25, -0.2) is 0 Å². The van der Waals surface area contributed by atoms with E-state index in [1.807, 2.05) is 6.92 Å². The van der Waals surface area contributed by atoms with Crippen LogP contribution >= 0.6 is 11.6 Å². The van der Waals surface area contributed by atoms with Gasteiger partial charge in [-0.3, -0.25) is 4.79 Å². The highest BCUT2D eigenvalue weighted by Gasteiger charge is 2.10. The Morgan fingerprint density at radius 1 is 1.21 bits per heavy atom. The van der Waals surface area contributed by atoms with Gasteiger partial charge in [-0.15, -0.1) is 0 Å². The fourth-order valence-corrected chi connectivity index (χ4v) is 1.92. The Morgan fingerprint density at radius 3 is 2.58 bits per heavy atom. The molecule has 0 aromatic heterocycles. The molecule has 2 aromatic carbocycles. The normalized spacial score (nSPS) is 10.2. The third-order valence-electron chi connectivity index (χ3n) is 2.90. The minimum Gasteiger partial charge on any atom is -0.508 e. The maximum atomic E-state index is 12.0. The average molecular weight is 276 g/mol. The summed E-state index contributed by atoms with van der Waals surface area (Å²) in [7, 11) is 0. The molecule has 0 unspecified atom stereocenters. The molecular formula is C15H14ClNO2. The summed E-state index contributed by atoms with van der Waals surface area (Å²) in [5.74, 6) is 0.0498. The molecule has 0 aliphatic carbocycles. The van der Waals surface area contributed by atoms with E-state index < -0.39 is 0 Å². The van der Waals surface area contributed by atoms with Crippen molar-refractivity contribution in [3.05, 3.63) is 64.2 Å². The number of phenols is 1. The maximum absolute atomic E-state index is 12.0. The molecule has 0 heterocycles. The standard InChI is InChI=1S/C15H14ClNO2/c1-10-13(3-2-4-14(10)16)15(19)17-9-11-5-7-12(18)8-6-11/h2-8,18H,9H2,1H3,(H,17,19). The molecule has 19 heavy (non-hydrogen) atoms. The number of rotatable bonds is 3. The Hall–Kier alpha value is -2.00. The summed E-state index contributed by atoms with van der Waals surface area (Å²) in [6.07, 6.45) is 0. The molecule has 0 saturated heterocycles. The second kappa shape index (κ2) is 5.76. The molecule has 4 heteroatoms. The number of nitrogens with one attached hydrogen (secondary N) is 1. The quantitative estimate of drug-likeness (QED) is 0.903. The van der Waals surface area contributed by atoms with Crippen LogP contribution in [0.2, 0.25) is 5.02 Å². The van der Waals surface area contributed by atoms with Crippen LogP contribution in [0.3, 0.4) is 0 Å². The molecule has 0 bridgehead atoms. The Bertz CT molecular complexity index is 594. The molecule has 0 radical (unpaired) electrons. The lowest BCUT2D eigenvalue weighted by atomic mass is 10.1. The van der Waals surface area contributed by atoms with Crippen molar-refractivity contribution >= 4 is 17.5 Å². The largest absolute Gasteiger partial charge is 0.508 e. The van der Waals surface area contributed by atoms with Crippen LogP contribution in [-0.4, -0.2) is 11.0 Å². The van der Waals surface area contributed by atoms with E-state index in [1.165, 1.54) is 0 Å². The van der Waals surface area contributed by atoms with Crippen LogP contribution in [0.4, 0.5) is 0 Å². The van der Waals surface area contributed by atoms with Crippen LogP contribution in [0.25, 0.3) is 0 Å². The van der Waals surface area contributed by atoms with Gasteiger partial charge in [0.2, 0.25) is 0 Å². The number of aromatic hydroxyl groups is 1. The fraction of sp³-hybridized carbons (Fsp3) is 0.133. The van der Waals surface area contributed by atoms with Crippen molar-refractivity contribution in [2.75, 3.05) is 0 Å². The van der Waals surface area contributed by atoms with Gasteiger partial charge in [-0.2, -0.15) is 0 Å². The third-order valence-corrected chi connectivity index (χ3v) is 3.31. The smallest absolute Gasteiger partial charge is 0.251 e. The minimum absolute atomic E-state index is 0.159. The van der Waals surface area contributed by atoms with Gasteiger partial charge in [-0.05, 0) is 42.3 Å². The van der Waals surface area contributed by atoms with Gasteiger partial charge in [0.05, 0.1) is 0 Å². The van der Waals surface area contributed by atoms with Crippen molar-refractivity contribution in [1.29, 1.82) is 0 Å². The Morgan fingerprint density at radius 2 is 1.89 bits per heavy atom. The number of carbonyl (C=O) groups excluding carboxylic acids is 1. The van der Waals surface area contributed by atoms with Crippen LogP contribution in [-0.2, 0) is 6.54 Å². The first-order chi connectivity index (χ1) is 9.08. The molecule has 0 spiro atoms. The van der Waals surface area contributed by atoms with Gasteiger partial charge in [0, 0.05) is 17.1 Å². The van der Waals surface area contributed by atoms with E-state index in [2.05, 4.69) is 5.32 Å². The van der Waals surface area contributed by atoms with E-state index >= 15 is 0 Å². The van der Waals surface area contributed by atoms with Crippen molar-refractivity contribution in [2.24, 2.45) is 0 Å². The molecule has 0 atom stereocenters. The number of hydrogen-bond donors (Lipinski definition) is 2. The number of phenolic OH excluding ortho intramolecular Hbond substituents is 1. The summed E-state index contributed by atoms with van der Waals surface area (Å²) in [6.45, 7) is 2.23. The van der Waals surface area contributed by atoms with Crippen molar-refractivity contribution in [2.45, 2.75) is 13.5 Å². The van der Waals surface area contributed by atoms with Crippen LogP contribution in [0.1, 0.15) is 21.5 Å². The number of amides is 1. The van der Waals surface area contributed by atoms with Gasteiger partial charge < -0.3 is 10.4 Å². The van der Waals surface area contributed by atoms with Crippen LogP contribution in [0, 0.1) is 6.92 Å². The first-order valence-electron chi connectivity index (χ1n) is 5.89. The Balaban J connectivity index is 2.05. The second-order valence-electron chi connectivity index (χ2n) is 4.26. The van der Waals surface area contributed by atoms with E-state index in [9.17, 15) is 9.90 Å². The summed E-state index contributed by atoms with van der Waals surface area (Å²) in [4.78, 5) is 12.0. The van der Waals surface area contributed by atoms with E-state index in [-0.39, 0.29) is 11.7 Å². The first-order valence-corrected chi connectivity index (χ1v) is 6.27. The second-order valence-corrected chi connectivity index (χ2v) is 4.67. The topological polar surface area (TPSA) is 49.3 Å². The Kier molecular flexibility index (Phi) is 4.07. The fourth-order valence-electron chi connectivity index (χ4n) is 1.74. The minimum atomic E-state index is -0.159. The lowest BCUT2D eigenvalue weighted by Gasteiger charge is -2.08. The summed E-state index contributed by atoms with van der Waals surface area (Å²) in [5.41, 5.74) is 2.27. The predicted octanol–water partition coefficient (Wildman–Crippen LogP) is 3.28. The molecule has 0 aliphatic heterocycles. The van der Waals surface area contributed by atoms with Crippen LogP contribution < -0.4 is 5.32 Å². The monoisotopic (exact) mass is 275 g/mol. The summed E-state index contributed by atoms with van der Waals surface area (Å²) < 4.78 is 0. The summed E-state index contributed by atoms with van der Waals surface area (Å²) >= 11 is 5.98. The zero-order chi connectivity index (χ0) is 13.8. The molecular weight excluding hydrogens is 262 g/mol. The number of carbonyl (C=O) groups is 1. The van der Waals surface area contributed by atoms with Crippen molar-refractivity contribution in [3.8, 4) is 5.75 Å². The number of benzene rings is 2. The molecule has 1 amide bonds. The zero-order valence-corrected chi connectivity index (χ0v) is 11.2. The van der Waals surface area contributed by atoms with E-state index in [4.69, 9.17) is 11.6 Å². The number of hydrogen-bond acceptors (Lipinski definition) is 2. The highest BCUT2D eigenvalue weighted by molar-refractivity contribution is 6.31. The van der Waals surface area contributed by atoms with Crippen molar-refractivity contribution < 1.29 is 9.90 Å². The van der Waals surface area contributed by atoms with Gasteiger partial charge in [-0.1, -0.05) is 29.8 Å². The lowest BCUT2D eigenvalue weighted by molar-refractivity contribution is 0.0950. The maximum Gasteiger partial charge on any atom is 0.251 e. The first kappa shape index (κ1) is 13.4. The highest BCUT2D eigenvalue weighted by Crippen LogP contribution is 2.18. The van der Waals surface area contributed by atoms with Crippen LogP contribution in [0.15, 0.2) is 42.5 Å². The molecule has 0 aliphatic rings. The average Bonchev–Trinajstić information content (AvgIpc) is 2.41. The van der Waals surface area contributed by atoms with E-state index in [1.54, 1.807) is 42.5 Å². The molecule has 0 fully saturated rings. The predicted molar refractivity (Wildman–Crippen MR) is 75.5 cm³/mol. The molecule has 2 N–H and O–H groups in total. The lowest BCUT2D eigenvalue weighted by Crippen LogP contribution is -2.23. The van der Waals surface area contributed by atoms with E-state index in [0.29, 0.717) is 17.1 Å². The van der Waals surface area contributed by atoms with Gasteiger partial charge in [0.1, 0.15) is 5.75 Å².